The lowest BCUT2D eigenvalue weighted by molar-refractivity contribution is 0.0934. The van der Waals surface area contributed by atoms with Crippen LogP contribution in [-0.4, -0.2) is 16.9 Å². The van der Waals surface area contributed by atoms with Crippen molar-refractivity contribution in [2.45, 2.75) is 32.9 Å². The number of aromatic nitrogens is 1. The number of nitrogens with zero attached hydrogens (tertiary/aromatic N) is 1. The number of benzene rings is 1. The zero-order valence-electron chi connectivity index (χ0n) is 12.8. The summed E-state index contributed by atoms with van der Waals surface area (Å²) in [7, 11) is 0. The van der Waals surface area contributed by atoms with E-state index < -0.39 is 0 Å². The van der Waals surface area contributed by atoms with Crippen LogP contribution in [0, 0.1) is 0 Å². The summed E-state index contributed by atoms with van der Waals surface area (Å²) >= 11 is 6.11. The zero-order valence-corrected chi connectivity index (χ0v) is 13.5. The lowest BCUT2D eigenvalue weighted by Crippen LogP contribution is -2.32. The van der Waals surface area contributed by atoms with Gasteiger partial charge in [-0.15, -0.1) is 0 Å². The van der Waals surface area contributed by atoms with Gasteiger partial charge in [0.2, 0.25) is 0 Å². The third-order valence-electron chi connectivity index (χ3n) is 3.43. The van der Waals surface area contributed by atoms with Crippen molar-refractivity contribution < 1.29 is 4.79 Å². The lowest BCUT2D eigenvalue weighted by atomic mass is 10.2. The molecule has 1 unspecified atom stereocenters. The molecule has 1 aromatic carbocycles. The van der Waals surface area contributed by atoms with Crippen molar-refractivity contribution in [1.82, 2.24) is 10.3 Å². The number of carbonyl (C=O) groups excluding carboxylic acids is 1. The van der Waals surface area contributed by atoms with E-state index in [4.69, 9.17) is 11.6 Å². The van der Waals surface area contributed by atoms with Crippen molar-refractivity contribution in [3.63, 3.8) is 0 Å². The van der Waals surface area contributed by atoms with Crippen LogP contribution in [-0.2, 0) is 6.54 Å². The topological polar surface area (TPSA) is 54.0 Å². The molecule has 1 heterocycles. The largest absolute Gasteiger partial charge is 0.380 e. The first-order valence-corrected chi connectivity index (χ1v) is 7.72. The predicted molar refractivity (Wildman–Crippen MR) is 90.2 cm³/mol. The molecular weight excluding hydrogens is 298 g/mol. The van der Waals surface area contributed by atoms with Gasteiger partial charge in [0.05, 0.1) is 11.9 Å². The molecule has 1 amide bonds. The SMILES string of the molecule is CCC(C)NC(=O)c1ccc(NCc2ccccc2Cl)cn1. The molecule has 0 aliphatic rings. The van der Waals surface area contributed by atoms with Gasteiger partial charge >= 0.3 is 0 Å². The number of nitrogens with one attached hydrogen (secondary N) is 2. The molecule has 1 aromatic heterocycles. The molecular formula is C17H20ClN3O. The molecule has 0 spiro atoms. The second-order valence-corrected chi connectivity index (χ2v) is 5.57. The number of hydrogen-bond acceptors (Lipinski definition) is 3. The number of pyridine rings is 1. The van der Waals surface area contributed by atoms with Crippen molar-refractivity contribution >= 4 is 23.2 Å². The number of amides is 1. The van der Waals surface area contributed by atoms with E-state index in [1.54, 1.807) is 12.3 Å². The average Bonchev–Trinajstić information content (AvgIpc) is 2.54. The Kier molecular flexibility index (Phi) is 5.78. The highest BCUT2D eigenvalue weighted by Gasteiger charge is 2.09. The zero-order chi connectivity index (χ0) is 15.9. The van der Waals surface area contributed by atoms with Crippen LogP contribution in [0.2, 0.25) is 5.02 Å². The molecule has 22 heavy (non-hydrogen) atoms. The van der Waals surface area contributed by atoms with Gasteiger partial charge in [0.25, 0.3) is 5.91 Å². The van der Waals surface area contributed by atoms with Gasteiger partial charge in [0, 0.05) is 17.6 Å². The average molecular weight is 318 g/mol. The third-order valence-corrected chi connectivity index (χ3v) is 3.80. The fourth-order valence-electron chi connectivity index (χ4n) is 1.87. The van der Waals surface area contributed by atoms with Crippen LogP contribution in [0.15, 0.2) is 42.6 Å². The Morgan fingerprint density at radius 3 is 2.68 bits per heavy atom. The van der Waals surface area contributed by atoms with Gasteiger partial charge < -0.3 is 10.6 Å². The Bertz CT molecular complexity index is 628. The quantitative estimate of drug-likeness (QED) is 0.850. The van der Waals surface area contributed by atoms with Crippen LogP contribution in [0.25, 0.3) is 0 Å². The van der Waals surface area contributed by atoms with E-state index >= 15 is 0 Å². The van der Waals surface area contributed by atoms with E-state index in [9.17, 15) is 4.79 Å². The minimum atomic E-state index is -0.146. The normalized spacial score (nSPS) is 11.8. The number of rotatable bonds is 6. The summed E-state index contributed by atoms with van der Waals surface area (Å²) in [5.74, 6) is -0.146. The first kappa shape index (κ1) is 16.3. The molecule has 0 radical (unpaired) electrons. The maximum Gasteiger partial charge on any atom is 0.270 e. The molecule has 2 N–H and O–H groups in total. The highest BCUT2D eigenvalue weighted by Crippen LogP contribution is 2.16. The third kappa shape index (κ3) is 4.46. The van der Waals surface area contributed by atoms with Crippen LogP contribution in [0.1, 0.15) is 36.3 Å². The minimum Gasteiger partial charge on any atom is -0.380 e. The van der Waals surface area contributed by atoms with Crippen LogP contribution in [0.3, 0.4) is 0 Å². The maximum absolute atomic E-state index is 11.9. The van der Waals surface area contributed by atoms with Gasteiger partial charge in [-0.25, -0.2) is 4.98 Å². The molecule has 0 fully saturated rings. The van der Waals surface area contributed by atoms with Crippen molar-refractivity contribution in [1.29, 1.82) is 0 Å². The number of hydrogen-bond donors (Lipinski definition) is 2. The molecule has 0 aliphatic carbocycles. The van der Waals surface area contributed by atoms with Crippen molar-refractivity contribution in [2.75, 3.05) is 5.32 Å². The van der Waals surface area contributed by atoms with E-state index in [1.165, 1.54) is 0 Å². The fraction of sp³-hybridized carbons (Fsp3) is 0.294. The van der Waals surface area contributed by atoms with E-state index in [0.717, 1.165) is 22.7 Å². The van der Waals surface area contributed by atoms with Crippen LogP contribution < -0.4 is 10.6 Å². The Balaban J connectivity index is 1.95. The van der Waals surface area contributed by atoms with E-state index in [2.05, 4.69) is 15.6 Å². The van der Waals surface area contributed by atoms with Crippen LogP contribution in [0.5, 0.6) is 0 Å². The molecule has 2 aromatic rings. The summed E-state index contributed by atoms with van der Waals surface area (Å²) in [4.78, 5) is 16.1. The summed E-state index contributed by atoms with van der Waals surface area (Å²) in [5, 5.41) is 6.86. The molecule has 0 bridgehead atoms. The van der Waals surface area contributed by atoms with Gasteiger partial charge in [0.15, 0.2) is 0 Å². The van der Waals surface area contributed by atoms with E-state index in [-0.39, 0.29) is 11.9 Å². The Hall–Kier alpha value is -2.07. The number of anilines is 1. The Morgan fingerprint density at radius 1 is 1.27 bits per heavy atom. The second-order valence-electron chi connectivity index (χ2n) is 5.16. The number of carbonyl (C=O) groups is 1. The standard InChI is InChI=1S/C17H20ClN3O/c1-3-12(2)21-17(22)16-9-8-14(11-20-16)19-10-13-6-4-5-7-15(13)18/h4-9,11-12,19H,3,10H2,1-2H3,(H,21,22). The van der Waals surface area contributed by atoms with Gasteiger partial charge in [-0.05, 0) is 37.1 Å². The van der Waals surface area contributed by atoms with Crippen molar-refractivity contribution in [2.24, 2.45) is 0 Å². The van der Waals surface area contributed by atoms with Crippen LogP contribution in [0.4, 0.5) is 5.69 Å². The molecule has 0 saturated carbocycles. The molecule has 5 heteroatoms. The van der Waals surface area contributed by atoms with E-state index in [0.29, 0.717) is 12.2 Å². The van der Waals surface area contributed by atoms with Crippen LogP contribution >= 0.6 is 11.6 Å². The Labute approximate surface area is 135 Å². The highest BCUT2D eigenvalue weighted by molar-refractivity contribution is 6.31. The summed E-state index contributed by atoms with van der Waals surface area (Å²) in [6, 6.07) is 11.4. The van der Waals surface area contributed by atoms with Gasteiger partial charge in [0.1, 0.15) is 5.69 Å². The first-order valence-electron chi connectivity index (χ1n) is 7.34. The van der Waals surface area contributed by atoms with Gasteiger partial charge in [-0.1, -0.05) is 36.7 Å². The van der Waals surface area contributed by atoms with Crippen molar-refractivity contribution in [3.8, 4) is 0 Å². The van der Waals surface area contributed by atoms with Crippen molar-refractivity contribution in [3.05, 3.63) is 58.9 Å². The maximum atomic E-state index is 11.9. The van der Waals surface area contributed by atoms with E-state index in [1.807, 2.05) is 44.2 Å². The van der Waals surface area contributed by atoms with Gasteiger partial charge in [-0.3, -0.25) is 4.79 Å². The summed E-state index contributed by atoms with van der Waals surface area (Å²) in [6.45, 7) is 4.61. The van der Waals surface area contributed by atoms with Gasteiger partial charge in [-0.2, -0.15) is 0 Å². The minimum absolute atomic E-state index is 0.146. The molecule has 4 nitrogen and oxygen atoms in total. The number of halogens is 1. The fourth-order valence-corrected chi connectivity index (χ4v) is 2.07. The summed E-state index contributed by atoms with van der Waals surface area (Å²) < 4.78 is 0. The first-order chi connectivity index (χ1) is 10.6. The Morgan fingerprint density at radius 2 is 2.05 bits per heavy atom. The molecule has 1 atom stereocenters. The smallest absolute Gasteiger partial charge is 0.270 e. The predicted octanol–water partition coefficient (Wildman–Crippen LogP) is 3.88. The monoisotopic (exact) mass is 317 g/mol. The molecule has 2 rings (SSSR count). The summed E-state index contributed by atoms with van der Waals surface area (Å²) in [5.41, 5.74) is 2.28. The highest BCUT2D eigenvalue weighted by atomic mass is 35.5. The second kappa shape index (κ2) is 7.80. The summed E-state index contributed by atoms with van der Waals surface area (Å²) in [6.07, 6.45) is 2.55. The lowest BCUT2D eigenvalue weighted by Gasteiger charge is -2.11. The molecule has 116 valence electrons. The molecule has 0 saturated heterocycles. The molecule has 0 aliphatic heterocycles.